The Hall–Kier alpha value is -1.16. The molecule has 2 rings (SSSR count). The van der Waals surface area contributed by atoms with Gasteiger partial charge < -0.3 is 0 Å². The predicted octanol–water partition coefficient (Wildman–Crippen LogP) is 2.63. The highest BCUT2D eigenvalue weighted by Gasteiger charge is 2.23. The van der Waals surface area contributed by atoms with Crippen LogP contribution in [0.15, 0.2) is 12.4 Å². The van der Waals surface area contributed by atoms with Crippen molar-refractivity contribution in [3.05, 3.63) is 23.8 Å². The van der Waals surface area contributed by atoms with Gasteiger partial charge in [-0.1, -0.05) is 20.8 Å². The first-order chi connectivity index (χ1) is 7.88. The number of aromatic nitrogens is 4. The summed E-state index contributed by atoms with van der Waals surface area (Å²) in [6, 6.07) is 2.02. The minimum Gasteiger partial charge on any atom is -0.216 e. The van der Waals surface area contributed by atoms with Crippen molar-refractivity contribution in [2.75, 3.05) is 0 Å². The Bertz CT molecular complexity index is 527. The summed E-state index contributed by atoms with van der Waals surface area (Å²) in [7, 11) is 0. The summed E-state index contributed by atoms with van der Waals surface area (Å²) >= 11 is 6.43. The molecule has 0 aromatic carbocycles. The van der Waals surface area contributed by atoms with Crippen molar-refractivity contribution in [1.82, 2.24) is 19.6 Å². The molecule has 0 saturated carbocycles. The van der Waals surface area contributed by atoms with E-state index >= 15 is 0 Å². The van der Waals surface area contributed by atoms with Gasteiger partial charge in [-0.25, -0.2) is 9.50 Å². The lowest BCUT2D eigenvalue weighted by Gasteiger charge is -2.25. The first-order valence-corrected chi connectivity index (χ1v) is 6.12. The van der Waals surface area contributed by atoms with Crippen LogP contribution in [0.25, 0.3) is 5.78 Å². The third-order valence-electron chi connectivity index (χ3n) is 2.78. The van der Waals surface area contributed by atoms with E-state index < -0.39 is 0 Å². The second-order valence-electron chi connectivity index (χ2n) is 5.40. The van der Waals surface area contributed by atoms with Crippen molar-refractivity contribution in [3.63, 3.8) is 0 Å². The molecule has 4 nitrogen and oxygen atoms in total. The standard InChI is InChI=1S/C12H17ClN4/c1-8-5-9(6-10(13)12(2,3)4)17-11(16-8)14-7-15-17/h5,7,10H,6H2,1-4H3. The van der Waals surface area contributed by atoms with Gasteiger partial charge in [-0.15, -0.1) is 11.6 Å². The Morgan fingerprint density at radius 1 is 1.41 bits per heavy atom. The lowest BCUT2D eigenvalue weighted by Crippen LogP contribution is -2.24. The molecule has 0 aliphatic rings. The summed E-state index contributed by atoms with van der Waals surface area (Å²) in [5, 5.41) is 4.23. The maximum absolute atomic E-state index is 6.43. The van der Waals surface area contributed by atoms with E-state index in [4.69, 9.17) is 11.6 Å². The molecule has 0 bridgehead atoms. The molecule has 1 atom stereocenters. The Balaban J connectivity index is 2.38. The Kier molecular flexibility index (Phi) is 3.08. The molecule has 0 fully saturated rings. The van der Waals surface area contributed by atoms with Crippen molar-refractivity contribution >= 4 is 17.4 Å². The molecule has 5 heteroatoms. The van der Waals surface area contributed by atoms with E-state index in [1.165, 1.54) is 6.33 Å². The lowest BCUT2D eigenvalue weighted by atomic mass is 9.89. The molecule has 1 unspecified atom stereocenters. The molecule has 0 saturated heterocycles. The van der Waals surface area contributed by atoms with Gasteiger partial charge in [-0.3, -0.25) is 0 Å². The van der Waals surface area contributed by atoms with Crippen molar-refractivity contribution in [2.24, 2.45) is 5.41 Å². The fraction of sp³-hybridized carbons (Fsp3) is 0.583. The summed E-state index contributed by atoms with van der Waals surface area (Å²) in [6.45, 7) is 8.37. The smallest absolute Gasteiger partial charge is 0.216 e. The molecule has 17 heavy (non-hydrogen) atoms. The van der Waals surface area contributed by atoms with E-state index in [2.05, 4.69) is 35.8 Å². The van der Waals surface area contributed by atoms with E-state index in [0.29, 0.717) is 5.78 Å². The summed E-state index contributed by atoms with van der Waals surface area (Å²) < 4.78 is 1.76. The molecule has 0 amide bonds. The van der Waals surface area contributed by atoms with Crippen LogP contribution in [-0.4, -0.2) is 25.0 Å². The summed E-state index contributed by atoms with van der Waals surface area (Å²) in [4.78, 5) is 8.42. The second kappa shape index (κ2) is 4.26. The average Bonchev–Trinajstić information content (AvgIpc) is 2.63. The minimum absolute atomic E-state index is 0.0525. The minimum atomic E-state index is 0.0525. The maximum atomic E-state index is 6.43. The quantitative estimate of drug-likeness (QED) is 0.772. The van der Waals surface area contributed by atoms with Gasteiger partial charge in [0.05, 0.1) is 0 Å². The number of alkyl halides is 1. The molecular weight excluding hydrogens is 236 g/mol. The van der Waals surface area contributed by atoms with E-state index in [9.17, 15) is 0 Å². The van der Waals surface area contributed by atoms with Gasteiger partial charge in [0.15, 0.2) is 0 Å². The fourth-order valence-electron chi connectivity index (χ4n) is 1.64. The number of hydrogen-bond donors (Lipinski definition) is 0. The van der Waals surface area contributed by atoms with Gasteiger partial charge in [-0.2, -0.15) is 10.1 Å². The first kappa shape index (κ1) is 12.3. The zero-order valence-electron chi connectivity index (χ0n) is 10.6. The van der Waals surface area contributed by atoms with Crippen LogP contribution < -0.4 is 0 Å². The summed E-state index contributed by atoms with van der Waals surface area (Å²) in [5.41, 5.74) is 2.06. The summed E-state index contributed by atoms with van der Waals surface area (Å²) in [5.74, 6) is 0.637. The van der Waals surface area contributed by atoms with Crippen LogP contribution in [0.2, 0.25) is 0 Å². The van der Waals surface area contributed by atoms with Gasteiger partial charge in [0.1, 0.15) is 6.33 Å². The van der Waals surface area contributed by atoms with Crippen molar-refractivity contribution in [2.45, 2.75) is 39.5 Å². The van der Waals surface area contributed by atoms with Crippen LogP contribution in [-0.2, 0) is 6.42 Å². The van der Waals surface area contributed by atoms with Gasteiger partial charge in [-0.05, 0) is 18.4 Å². The molecule has 2 heterocycles. The normalized spacial score (nSPS) is 14.2. The van der Waals surface area contributed by atoms with Gasteiger partial charge >= 0.3 is 0 Å². The molecular formula is C12H17ClN4. The Morgan fingerprint density at radius 3 is 2.76 bits per heavy atom. The molecule has 92 valence electrons. The fourth-order valence-corrected chi connectivity index (χ4v) is 1.80. The number of nitrogens with zero attached hydrogens (tertiary/aromatic N) is 4. The van der Waals surface area contributed by atoms with Crippen LogP contribution in [0.1, 0.15) is 32.2 Å². The first-order valence-electron chi connectivity index (χ1n) is 5.68. The number of fused-ring (bicyclic) bond motifs is 1. The zero-order chi connectivity index (χ0) is 12.6. The van der Waals surface area contributed by atoms with Gasteiger partial charge in [0, 0.05) is 23.2 Å². The molecule has 2 aromatic heterocycles. The van der Waals surface area contributed by atoms with Gasteiger partial charge in [0.2, 0.25) is 0 Å². The average molecular weight is 253 g/mol. The molecule has 2 aromatic rings. The van der Waals surface area contributed by atoms with Crippen LogP contribution in [0.4, 0.5) is 0 Å². The van der Waals surface area contributed by atoms with Crippen LogP contribution >= 0.6 is 11.6 Å². The molecule has 0 aliphatic heterocycles. The van der Waals surface area contributed by atoms with Crippen LogP contribution in [0.3, 0.4) is 0 Å². The zero-order valence-corrected chi connectivity index (χ0v) is 11.4. The SMILES string of the molecule is Cc1cc(CC(Cl)C(C)(C)C)n2ncnc2n1. The number of aryl methyl sites for hydroxylation is 1. The van der Waals surface area contributed by atoms with Crippen molar-refractivity contribution in [1.29, 1.82) is 0 Å². The molecule has 0 radical (unpaired) electrons. The third kappa shape index (κ3) is 2.57. The van der Waals surface area contributed by atoms with E-state index in [1.807, 2.05) is 13.0 Å². The number of hydrogen-bond acceptors (Lipinski definition) is 3. The Morgan fingerprint density at radius 2 is 2.12 bits per heavy atom. The number of halogens is 1. The third-order valence-corrected chi connectivity index (χ3v) is 3.59. The monoisotopic (exact) mass is 252 g/mol. The van der Waals surface area contributed by atoms with Crippen LogP contribution in [0, 0.1) is 12.3 Å². The molecule has 0 N–H and O–H groups in total. The van der Waals surface area contributed by atoms with Crippen LogP contribution in [0.5, 0.6) is 0 Å². The molecule has 0 aliphatic carbocycles. The molecule has 0 spiro atoms. The topological polar surface area (TPSA) is 43.1 Å². The Labute approximate surface area is 106 Å². The number of rotatable bonds is 2. The van der Waals surface area contributed by atoms with Gasteiger partial charge in [0.25, 0.3) is 5.78 Å². The highest BCUT2D eigenvalue weighted by Crippen LogP contribution is 2.27. The largest absolute Gasteiger partial charge is 0.252 e. The van der Waals surface area contributed by atoms with E-state index in [0.717, 1.165) is 17.8 Å². The van der Waals surface area contributed by atoms with E-state index in [-0.39, 0.29) is 10.8 Å². The van der Waals surface area contributed by atoms with E-state index in [1.54, 1.807) is 4.52 Å². The lowest BCUT2D eigenvalue weighted by molar-refractivity contribution is 0.383. The maximum Gasteiger partial charge on any atom is 0.252 e. The highest BCUT2D eigenvalue weighted by atomic mass is 35.5. The predicted molar refractivity (Wildman–Crippen MR) is 68.3 cm³/mol. The second-order valence-corrected chi connectivity index (χ2v) is 5.93. The highest BCUT2D eigenvalue weighted by molar-refractivity contribution is 6.21. The summed E-state index contributed by atoms with van der Waals surface area (Å²) in [6.07, 6.45) is 2.28. The van der Waals surface area contributed by atoms with Crippen molar-refractivity contribution in [3.8, 4) is 0 Å². The van der Waals surface area contributed by atoms with Crippen molar-refractivity contribution < 1.29 is 0 Å².